The Labute approximate surface area is 157 Å². The van der Waals surface area contributed by atoms with E-state index in [4.69, 9.17) is 0 Å². The molecule has 3 aromatic rings. The van der Waals surface area contributed by atoms with Crippen molar-refractivity contribution < 1.29 is 4.79 Å². The first-order chi connectivity index (χ1) is 12.5. The molecule has 0 radical (unpaired) electrons. The number of aryl methyl sites for hydroxylation is 1. The van der Waals surface area contributed by atoms with Crippen molar-refractivity contribution in [1.82, 2.24) is 19.4 Å². The number of amides is 1. The number of benzene rings is 1. The molecular weight excluding hydrogens is 400 g/mol. The van der Waals surface area contributed by atoms with Crippen molar-refractivity contribution in [3.05, 3.63) is 73.3 Å². The van der Waals surface area contributed by atoms with E-state index in [1.807, 2.05) is 24.3 Å². The van der Waals surface area contributed by atoms with Gasteiger partial charge >= 0.3 is 11.1 Å². The normalized spacial score (nSPS) is 10.8. The van der Waals surface area contributed by atoms with E-state index in [1.165, 1.54) is 9.13 Å². The van der Waals surface area contributed by atoms with Gasteiger partial charge in [0.25, 0.3) is 0 Å². The Morgan fingerprint density at radius 1 is 1.15 bits per heavy atom. The van der Waals surface area contributed by atoms with Crippen LogP contribution in [0.2, 0.25) is 0 Å². The lowest BCUT2D eigenvalue weighted by atomic mass is 10.2. The monoisotopic (exact) mass is 416 g/mol. The summed E-state index contributed by atoms with van der Waals surface area (Å²) in [6, 6.07) is 10.9. The van der Waals surface area contributed by atoms with Gasteiger partial charge in [-0.25, -0.2) is 4.98 Å². The summed E-state index contributed by atoms with van der Waals surface area (Å²) in [7, 11) is 0. The topological polar surface area (TPSA) is 86.0 Å². The molecule has 7 nitrogen and oxygen atoms in total. The molecule has 0 spiro atoms. The third-order valence-electron chi connectivity index (χ3n) is 3.98. The fraction of sp³-hybridized carbons (Fsp3) is 0.222. The van der Waals surface area contributed by atoms with E-state index in [9.17, 15) is 14.4 Å². The van der Waals surface area contributed by atoms with E-state index in [1.54, 1.807) is 25.3 Å². The van der Waals surface area contributed by atoms with Gasteiger partial charge in [-0.15, -0.1) is 0 Å². The second-order valence-corrected chi connectivity index (χ2v) is 6.61. The van der Waals surface area contributed by atoms with Crippen LogP contribution in [-0.4, -0.2) is 20.0 Å². The maximum atomic E-state index is 12.4. The molecule has 0 atom stereocenters. The second-order valence-electron chi connectivity index (χ2n) is 5.69. The van der Waals surface area contributed by atoms with Gasteiger partial charge in [0.05, 0.1) is 5.52 Å². The summed E-state index contributed by atoms with van der Waals surface area (Å²) in [6.07, 6.45) is 1.55. The van der Waals surface area contributed by atoms with Crippen LogP contribution in [0.3, 0.4) is 0 Å². The van der Waals surface area contributed by atoms with Crippen molar-refractivity contribution >= 4 is 33.0 Å². The minimum atomic E-state index is -0.732. The van der Waals surface area contributed by atoms with Crippen molar-refractivity contribution in [2.24, 2.45) is 0 Å². The van der Waals surface area contributed by atoms with E-state index in [-0.39, 0.29) is 12.5 Å². The van der Waals surface area contributed by atoms with E-state index in [0.29, 0.717) is 24.3 Å². The van der Waals surface area contributed by atoms with Gasteiger partial charge in [-0.2, -0.15) is 0 Å². The minimum Gasteiger partial charge on any atom is -0.350 e. The fourth-order valence-electron chi connectivity index (χ4n) is 2.74. The first kappa shape index (κ1) is 18.1. The fourth-order valence-corrected chi connectivity index (χ4v) is 3.19. The van der Waals surface area contributed by atoms with Crippen LogP contribution in [-0.2, 0) is 24.4 Å². The van der Waals surface area contributed by atoms with E-state index < -0.39 is 11.1 Å². The summed E-state index contributed by atoms with van der Waals surface area (Å²) in [6.45, 7) is 2.19. The molecular formula is C18H17BrN4O3. The zero-order valence-electron chi connectivity index (χ0n) is 14.1. The molecule has 1 aromatic carbocycles. The Bertz CT molecular complexity index is 1090. The first-order valence-corrected chi connectivity index (χ1v) is 8.90. The molecule has 3 rings (SSSR count). The minimum absolute atomic E-state index is 0.241. The lowest BCUT2D eigenvalue weighted by Gasteiger charge is -2.13. The number of hydrogen-bond acceptors (Lipinski definition) is 4. The molecule has 134 valence electrons. The molecule has 8 heteroatoms. The van der Waals surface area contributed by atoms with Gasteiger partial charge in [-0.05, 0) is 36.8 Å². The summed E-state index contributed by atoms with van der Waals surface area (Å²) >= 11 is 3.38. The Hall–Kier alpha value is -2.74. The highest BCUT2D eigenvalue weighted by molar-refractivity contribution is 9.10. The Balaban J connectivity index is 1.89. The van der Waals surface area contributed by atoms with Crippen molar-refractivity contribution in [3.8, 4) is 0 Å². The molecule has 0 aliphatic rings. The number of pyridine rings is 1. The Morgan fingerprint density at radius 2 is 1.92 bits per heavy atom. The highest BCUT2D eigenvalue weighted by atomic mass is 79.9. The number of carbonyl (C=O) groups excluding carboxylic acids is 1. The van der Waals surface area contributed by atoms with Gasteiger partial charge < -0.3 is 5.32 Å². The number of hydrogen-bond donors (Lipinski definition) is 1. The molecule has 2 heterocycles. The highest BCUT2D eigenvalue weighted by Gasteiger charge is 2.15. The average molecular weight is 417 g/mol. The number of fused-ring (bicyclic) bond motifs is 1. The van der Waals surface area contributed by atoms with Crippen molar-refractivity contribution in [2.45, 2.75) is 26.6 Å². The average Bonchev–Trinajstić information content (AvgIpc) is 2.64. The summed E-state index contributed by atoms with van der Waals surface area (Å²) in [4.78, 5) is 41.2. The standard InChI is InChI=1S/C18H17BrN4O3/c1-2-22-16-14(7-4-8-20-16)23(18(26)17(22)25)11-15(24)21-10-12-5-3-6-13(19)9-12/h3-9H,2,10-11H2,1H3,(H,21,24). The molecule has 26 heavy (non-hydrogen) atoms. The third-order valence-corrected chi connectivity index (χ3v) is 4.48. The predicted molar refractivity (Wildman–Crippen MR) is 102 cm³/mol. The number of nitrogens with zero attached hydrogens (tertiary/aromatic N) is 3. The van der Waals surface area contributed by atoms with Crippen LogP contribution in [0.15, 0.2) is 56.7 Å². The number of halogens is 1. The zero-order chi connectivity index (χ0) is 18.7. The van der Waals surface area contributed by atoms with Crippen LogP contribution >= 0.6 is 15.9 Å². The summed E-state index contributed by atoms with van der Waals surface area (Å²) < 4.78 is 3.40. The zero-order valence-corrected chi connectivity index (χ0v) is 15.7. The Morgan fingerprint density at radius 3 is 2.65 bits per heavy atom. The van der Waals surface area contributed by atoms with Crippen molar-refractivity contribution in [2.75, 3.05) is 0 Å². The largest absolute Gasteiger partial charge is 0.350 e. The van der Waals surface area contributed by atoms with Crippen LogP contribution in [0.5, 0.6) is 0 Å². The molecule has 0 unspecified atom stereocenters. The first-order valence-electron chi connectivity index (χ1n) is 8.10. The lowest BCUT2D eigenvalue weighted by Crippen LogP contribution is -2.43. The van der Waals surface area contributed by atoms with E-state index >= 15 is 0 Å². The maximum Gasteiger partial charge on any atom is 0.318 e. The van der Waals surface area contributed by atoms with Crippen LogP contribution in [0, 0.1) is 0 Å². The van der Waals surface area contributed by atoms with Crippen LogP contribution in [0.1, 0.15) is 12.5 Å². The van der Waals surface area contributed by atoms with Crippen molar-refractivity contribution in [3.63, 3.8) is 0 Å². The smallest absolute Gasteiger partial charge is 0.318 e. The molecule has 2 aromatic heterocycles. The third kappa shape index (κ3) is 3.60. The number of nitrogens with one attached hydrogen (secondary N) is 1. The molecule has 0 saturated heterocycles. The van der Waals surface area contributed by atoms with Gasteiger partial charge in [-0.3, -0.25) is 23.5 Å². The second kappa shape index (κ2) is 7.65. The molecule has 0 aliphatic heterocycles. The highest BCUT2D eigenvalue weighted by Crippen LogP contribution is 2.11. The van der Waals surface area contributed by atoms with E-state index in [2.05, 4.69) is 26.2 Å². The van der Waals surface area contributed by atoms with Gasteiger partial charge in [0, 0.05) is 23.8 Å². The maximum absolute atomic E-state index is 12.4. The summed E-state index contributed by atoms with van der Waals surface area (Å²) in [5, 5.41) is 2.77. The molecule has 0 aliphatic carbocycles. The van der Waals surface area contributed by atoms with Gasteiger partial charge in [0.1, 0.15) is 6.54 Å². The van der Waals surface area contributed by atoms with Gasteiger partial charge in [-0.1, -0.05) is 28.1 Å². The van der Waals surface area contributed by atoms with Gasteiger partial charge in [0.15, 0.2) is 5.65 Å². The number of aromatic nitrogens is 3. The lowest BCUT2D eigenvalue weighted by molar-refractivity contribution is -0.121. The summed E-state index contributed by atoms with van der Waals surface area (Å²) in [5.41, 5.74) is 0.354. The van der Waals surface area contributed by atoms with E-state index in [0.717, 1.165) is 10.0 Å². The number of carbonyl (C=O) groups is 1. The molecule has 0 fully saturated rings. The van der Waals surface area contributed by atoms with Crippen LogP contribution in [0.25, 0.3) is 11.2 Å². The Kier molecular flexibility index (Phi) is 5.32. The quantitative estimate of drug-likeness (QED) is 0.640. The SMILES string of the molecule is CCn1c(=O)c(=O)n(CC(=O)NCc2cccc(Br)c2)c2cccnc21. The summed E-state index contributed by atoms with van der Waals surface area (Å²) in [5.74, 6) is -0.356. The number of rotatable bonds is 5. The molecule has 0 saturated carbocycles. The molecule has 1 N–H and O–H groups in total. The van der Waals surface area contributed by atoms with Crippen LogP contribution < -0.4 is 16.4 Å². The van der Waals surface area contributed by atoms with Gasteiger partial charge in [0.2, 0.25) is 5.91 Å². The molecule has 0 bridgehead atoms. The molecule has 1 amide bonds. The van der Waals surface area contributed by atoms with Crippen LogP contribution in [0.4, 0.5) is 0 Å². The predicted octanol–water partition coefficient (Wildman–Crippen LogP) is 1.66. The van der Waals surface area contributed by atoms with Crippen molar-refractivity contribution in [1.29, 1.82) is 0 Å².